The second-order valence-electron chi connectivity index (χ2n) is 5.50. The molecular formula is C13H22N4S. The van der Waals surface area contributed by atoms with Gasteiger partial charge in [0, 0.05) is 29.6 Å². The molecule has 0 amide bonds. The van der Waals surface area contributed by atoms with Gasteiger partial charge in [-0.05, 0) is 34.1 Å². The molecular weight excluding hydrogens is 244 g/mol. The van der Waals surface area contributed by atoms with Crippen molar-refractivity contribution in [2.24, 2.45) is 12.0 Å². The summed E-state index contributed by atoms with van der Waals surface area (Å²) in [6.07, 6.45) is 1.18. The van der Waals surface area contributed by atoms with Crippen molar-refractivity contribution < 1.29 is 0 Å². The molecule has 1 aromatic rings. The molecule has 2 heterocycles. The summed E-state index contributed by atoms with van der Waals surface area (Å²) in [5.74, 6) is 1.14. The fourth-order valence-corrected chi connectivity index (χ4v) is 3.38. The van der Waals surface area contributed by atoms with Crippen LogP contribution in [0.25, 0.3) is 0 Å². The van der Waals surface area contributed by atoms with E-state index in [4.69, 9.17) is 4.99 Å². The number of aryl methyl sites for hydroxylation is 2. The van der Waals surface area contributed by atoms with Crippen LogP contribution in [0.4, 0.5) is 0 Å². The Hall–Kier alpha value is -0.970. The zero-order chi connectivity index (χ0) is 13.3. The van der Waals surface area contributed by atoms with Gasteiger partial charge in [0.15, 0.2) is 5.17 Å². The Labute approximate surface area is 113 Å². The standard InChI is InChI=1S/C13H22N4S/c1-9-11(10(2)17(5)16-9)8-14-12-15-13(3,4)6-7-18-12/h6-8H2,1-5H3,(H,14,15). The van der Waals surface area contributed by atoms with Gasteiger partial charge in [0.2, 0.25) is 0 Å². The highest BCUT2D eigenvalue weighted by atomic mass is 32.2. The second-order valence-corrected chi connectivity index (χ2v) is 6.59. The molecule has 0 unspecified atom stereocenters. The lowest BCUT2D eigenvalue weighted by Gasteiger charge is -2.32. The van der Waals surface area contributed by atoms with Crippen LogP contribution in [0.2, 0.25) is 0 Å². The number of thioether (sulfide) groups is 1. The lowest BCUT2D eigenvalue weighted by Crippen LogP contribution is -2.46. The first-order valence-corrected chi connectivity index (χ1v) is 7.32. The highest BCUT2D eigenvalue weighted by Gasteiger charge is 2.24. The first-order chi connectivity index (χ1) is 8.39. The molecule has 0 bridgehead atoms. The fraction of sp³-hybridized carbons (Fsp3) is 0.692. The molecule has 1 aromatic heterocycles. The average Bonchev–Trinajstić information content (AvgIpc) is 2.50. The van der Waals surface area contributed by atoms with E-state index in [0.29, 0.717) is 0 Å². The number of rotatable bonds is 2. The lowest BCUT2D eigenvalue weighted by atomic mass is 10.0. The van der Waals surface area contributed by atoms with Crippen molar-refractivity contribution in [1.29, 1.82) is 0 Å². The number of nitrogens with zero attached hydrogens (tertiary/aromatic N) is 3. The molecule has 5 heteroatoms. The average molecular weight is 266 g/mol. The van der Waals surface area contributed by atoms with Gasteiger partial charge in [0.25, 0.3) is 0 Å². The summed E-state index contributed by atoms with van der Waals surface area (Å²) in [6.45, 7) is 9.32. The Morgan fingerprint density at radius 1 is 1.44 bits per heavy atom. The molecule has 18 heavy (non-hydrogen) atoms. The van der Waals surface area contributed by atoms with Crippen LogP contribution in [-0.2, 0) is 13.6 Å². The Balaban J connectivity index is 2.11. The van der Waals surface area contributed by atoms with Crippen LogP contribution in [-0.4, -0.2) is 26.2 Å². The third kappa shape index (κ3) is 2.88. The third-order valence-electron chi connectivity index (χ3n) is 3.45. The van der Waals surface area contributed by atoms with Crippen LogP contribution < -0.4 is 5.32 Å². The molecule has 1 fully saturated rings. The van der Waals surface area contributed by atoms with Crippen LogP contribution in [0.5, 0.6) is 0 Å². The van der Waals surface area contributed by atoms with E-state index in [0.717, 1.165) is 23.2 Å². The summed E-state index contributed by atoms with van der Waals surface area (Å²) in [7, 11) is 1.98. The molecule has 0 saturated carbocycles. The first kappa shape index (κ1) is 13.5. The van der Waals surface area contributed by atoms with Gasteiger partial charge in [-0.1, -0.05) is 11.8 Å². The maximum atomic E-state index is 4.70. The zero-order valence-corrected chi connectivity index (χ0v) is 12.7. The van der Waals surface area contributed by atoms with Gasteiger partial charge in [-0.2, -0.15) is 5.10 Å². The summed E-state index contributed by atoms with van der Waals surface area (Å²) >= 11 is 1.81. The van der Waals surface area contributed by atoms with E-state index in [9.17, 15) is 0 Å². The minimum absolute atomic E-state index is 0.170. The molecule has 0 aromatic carbocycles. The molecule has 1 N–H and O–H groups in total. The van der Waals surface area contributed by atoms with Crippen LogP contribution >= 0.6 is 11.8 Å². The SMILES string of the molecule is Cc1nn(C)c(C)c1CN=C1NC(C)(C)CCS1. The Morgan fingerprint density at radius 3 is 2.72 bits per heavy atom. The van der Waals surface area contributed by atoms with Crippen molar-refractivity contribution in [3.8, 4) is 0 Å². The van der Waals surface area contributed by atoms with E-state index in [2.05, 4.69) is 31.2 Å². The largest absolute Gasteiger partial charge is 0.360 e. The van der Waals surface area contributed by atoms with E-state index in [-0.39, 0.29) is 5.54 Å². The van der Waals surface area contributed by atoms with Crippen LogP contribution in [0.15, 0.2) is 4.99 Å². The summed E-state index contributed by atoms with van der Waals surface area (Å²) < 4.78 is 1.93. The molecule has 1 aliphatic heterocycles. The number of hydrogen-bond donors (Lipinski definition) is 1. The van der Waals surface area contributed by atoms with Crippen molar-refractivity contribution in [3.05, 3.63) is 17.0 Å². The highest BCUT2D eigenvalue weighted by molar-refractivity contribution is 8.13. The van der Waals surface area contributed by atoms with Gasteiger partial charge in [0.1, 0.15) is 0 Å². The maximum absolute atomic E-state index is 4.70. The number of hydrogen-bond acceptors (Lipinski definition) is 3. The van der Waals surface area contributed by atoms with Gasteiger partial charge in [-0.15, -0.1) is 0 Å². The first-order valence-electron chi connectivity index (χ1n) is 6.33. The minimum Gasteiger partial charge on any atom is -0.360 e. The topological polar surface area (TPSA) is 42.2 Å². The van der Waals surface area contributed by atoms with Crippen LogP contribution in [0.3, 0.4) is 0 Å². The molecule has 1 saturated heterocycles. The normalized spacial score (nSPS) is 21.1. The van der Waals surface area contributed by atoms with Gasteiger partial charge in [-0.25, -0.2) is 0 Å². The summed E-state index contributed by atoms with van der Waals surface area (Å²) in [5, 5.41) is 8.98. The smallest absolute Gasteiger partial charge is 0.157 e. The van der Waals surface area contributed by atoms with Gasteiger partial charge in [-0.3, -0.25) is 9.67 Å². The molecule has 0 spiro atoms. The highest BCUT2D eigenvalue weighted by Crippen LogP contribution is 2.22. The van der Waals surface area contributed by atoms with E-state index >= 15 is 0 Å². The second kappa shape index (κ2) is 4.96. The predicted molar refractivity (Wildman–Crippen MR) is 78.1 cm³/mol. The van der Waals surface area contributed by atoms with Crippen molar-refractivity contribution in [1.82, 2.24) is 15.1 Å². The number of aliphatic imine (C=N–C) groups is 1. The van der Waals surface area contributed by atoms with Gasteiger partial charge >= 0.3 is 0 Å². The monoisotopic (exact) mass is 266 g/mol. The minimum atomic E-state index is 0.170. The summed E-state index contributed by atoms with van der Waals surface area (Å²) in [5.41, 5.74) is 3.70. The summed E-state index contributed by atoms with van der Waals surface area (Å²) in [4.78, 5) is 4.70. The third-order valence-corrected chi connectivity index (χ3v) is 4.36. The predicted octanol–water partition coefficient (Wildman–Crippen LogP) is 2.40. The number of amidine groups is 1. The zero-order valence-electron chi connectivity index (χ0n) is 11.9. The molecule has 0 radical (unpaired) electrons. The van der Waals surface area contributed by atoms with Crippen LogP contribution in [0, 0.1) is 13.8 Å². The quantitative estimate of drug-likeness (QED) is 0.894. The van der Waals surface area contributed by atoms with Crippen molar-refractivity contribution in [3.63, 3.8) is 0 Å². The van der Waals surface area contributed by atoms with E-state index in [1.807, 2.05) is 30.4 Å². The lowest BCUT2D eigenvalue weighted by molar-refractivity contribution is 0.446. The molecule has 2 rings (SSSR count). The summed E-state index contributed by atoms with van der Waals surface area (Å²) in [6, 6.07) is 0. The van der Waals surface area contributed by atoms with Crippen molar-refractivity contribution in [2.75, 3.05) is 5.75 Å². The van der Waals surface area contributed by atoms with Crippen molar-refractivity contribution in [2.45, 2.75) is 46.2 Å². The Kier molecular flexibility index (Phi) is 3.71. The van der Waals surface area contributed by atoms with Crippen LogP contribution in [0.1, 0.15) is 37.2 Å². The van der Waals surface area contributed by atoms with E-state index in [1.54, 1.807) is 0 Å². The fourth-order valence-electron chi connectivity index (χ4n) is 2.07. The molecule has 0 aliphatic carbocycles. The maximum Gasteiger partial charge on any atom is 0.157 e. The number of nitrogens with one attached hydrogen (secondary N) is 1. The van der Waals surface area contributed by atoms with E-state index in [1.165, 1.54) is 17.7 Å². The van der Waals surface area contributed by atoms with E-state index < -0.39 is 0 Å². The molecule has 1 aliphatic rings. The van der Waals surface area contributed by atoms with Crippen molar-refractivity contribution >= 4 is 16.9 Å². The number of aromatic nitrogens is 2. The Bertz CT molecular complexity index is 474. The molecule has 100 valence electrons. The molecule has 0 atom stereocenters. The van der Waals surface area contributed by atoms with Gasteiger partial charge in [0.05, 0.1) is 12.2 Å². The van der Waals surface area contributed by atoms with Gasteiger partial charge < -0.3 is 5.32 Å². The Morgan fingerprint density at radius 2 is 2.17 bits per heavy atom. The molecule has 4 nitrogen and oxygen atoms in total.